The molecule has 0 spiro atoms. The molecule has 1 atom stereocenters. The number of hydrogen-bond acceptors (Lipinski definition) is 3. The molecule has 0 saturated carbocycles. The fourth-order valence-electron chi connectivity index (χ4n) is 3.01. The van der Waals surface area contributed by atoms with Crippen molar-refractivity contribution in [2.45, 2.75) is 38.5 Å². The van der Waals surface area contributed by atoms with Crippen molar-refractivity contribution < 1.29 is 19.5 Å². The zero-order valence-corrected chi connectivity index (χ0v) is 14.3. The van der Waals surface area contributed by atoms with E-state index >= 15 is 0 Å². The smallest absolute Gasteiger partial charge is 0.303 e. The second-order valence-electron chi connectivity index (χ2n) is 6.21. The Morgan fingerprint density at radius 1 is 1.12 bits per heavy atom. The Bertz CT molecular complexity index is 600. The normalized spacial score (nSPS) is 17.5. The van der Waals surface area contributed by atoms with Gasteiger partial charge in [-0.25, -0.2) is 0 Å². The lowest BCUT2D eigenvalue weighted by molar-refractivity contribution is -0.137. The molecule has 1 aliphatic rings. The van der Waals surface area contributed by atoms with Crippen LogP contribution in [0.15, 0.2) is 24.3 Å². The number of nitrogens with zero attached hydrogens (tertiary/aromatic N) is 1. The molecule has 1 saturated heterocycles. The minimum Gasteiger partial charge on any atom is -0.481 e. The molecule has 1 heterocycles. The molecule has 5 nitrogen and oxygen atoms in total. The third-order valence-corrected chi connectivity index (χ3v) is 4.62. The Hall–Kier alpha value is -1.88. The van der Waals surface area contributed by atoms with E-state index in [1.54, 1.807) is 29.2 Å². The van der Waals surface area contributed by atoms with Crippen LogP contribution in [0.2, 0.25) is 5.02 Å². The molecule has 0 aliphatic carbocycles. The number of hydrogen-bond donors (Lipinski definition) is 1. The molecule has 130 valence electrons. The van der Waals surface area contributed by atoms with Crippen molar-refractivity contribution in [3.63, 3.8) is 0 Å². The number of halogens is 1. The molecule has 0 aromatic heterocycles. The van der Waals surface area contributed by atoms with Crippen molar-refractivity contribution in [2.75, 3.05) is 13.1 Å². The Labute approximate surface area is 146 Å². The number of Topliss-reactive ketones (excluding diaryl/α,β-unsaturated/α-hetero) is 1. The van der Waals surface area contributed by atoms with Gasteiger partial charge in [-0.1, -0.05) is 11.6 Å². The monoisotopic (exact) mass is 351 g/mol. The number of amides is 1. The number of benzene rings is 1. The van der Waals surface area contributed by atoms with Crippen molar-refractivity contribution >= 4 is 29.3 Å². The molecule has 24 heavy (non-hydrogen) atoms. The molecule has 1 N–H and O–H groups in total. The van der Waals surface area contributed by atoms with Crippen LogP contribution in [-0.4, -0.2) is 40.8 Å². The summed E-state index contributed by atoms with van der Waals surface area (Å²) in [5, 5.41) is 9.34. The molecular weight excluding hydrogens is 330 g/mol. The Morgan fingerprint density at radius 2 is 1.83 bits per heavy atom. The fraction of sp³-hybridized carbons (Fsp3) is 0.500. The van der Waals surface area contributed by atoms with E-state index in [-0.39, 0.29) is 36.9 Å². The fourth-order valence-corrected chi connectivity index (χ4v) is 3.14. The van der Waals surface area contributed by atoms with Gasteiger partial charge in [-0.05, 0) is 49.4 Å². The Balaban J connectivity index is 1.80. The van der Waals surface area contributed by atoms with E-state index in [9.17, 15) is 14.4 Å². The van der Waals surface area contributed by atoms with E-state index in [1.165, 1.54) is 0 Å². The van der Waals surface area contributed by atoms with E-state index in [1.807, 2.05) is 0 Å². The van der Waals surface area contributed by atoms with Crippen molar-refractivity contribution in [3.8, 4) is 0 Å². The van der Waals surface area contributed by atoms with Crippen LogP contribution in [-0.2, 0) is 9.59 Å². The van der Waals surface area contributed by atoms with E-state index in [2.05, 4.69) is 0 Å². The summed E-state index contributed by atoms with van der Waals surface area (Å²) in [4.78, 5) is 36.8. The third-order valence-electron chi connectivity index (χ3n) is 4.37. The highest BCUT2D eigenvalue weighted by molar-refractivity contribution is 6.30. The topological polar surface area (TPSA) is 74.7 Å². The summed E-state index contributed by atoms with van der Waals surface area (Å²) in [6, 6.07) is 6.65. The number of carbonyl (C=O) groups is 3. The van der Waals surface area contributed by atoms with Gasteiger partial charge in [-0.2, -0.15) is 0 Å². The van der Waals surface area contributed by atoms with E-state index in [4.69, 9.17) is 16.7 Å². The summed E-state index contributed by atoms with van der Waals surface area (Å²) in [5.41, 5.74) is 0.560. The van der Waals surface area contributed by atoms with Gasteiger partial charge in [0.1, 0.15) is 0 Å². The quantitative estimate of drug-likeness (QED) is 0.764. The predicted octanol–water partition coefficient (Wildman–Crippen LogP) is 3.41. The number of piperidine rings is 1. The van der Waals surface area contributed by atoms with E-state index in [0.717, 1.165) is 12.8 Å². The van der Waals surface area contributed by atoms with Gasteiger partial charge in [0.15, 0.2) is 5.78 Å². The number of rotatable bonds is 7. The SMILES string of the molecule is O=C(O)CCC1CCCN(C(=O)CCC(=O)c2ccc(Cl)cc2)C1. The zero-order valence-electron chi connectivity index (χ0n) is 13.5. The Kier molecular flexibility index (Phi) is 6.79. The van der Waals surface area contributed by atoms with Crippen LogP contribution >= 0.6 is 11.6 Å². The van der Waals surface area contributed by atoms with Gasteiger partial charge in [0, 0.05) is 42.9 Å². The number of carboxylic acid groups (broad SMARTS) is 1. The molecule has 1 aromatic carbocycles. The summed E-state index contributed by atoms with van der Waals surface area (Å²) in [6.07, 6.45) is 2.95. The van der Waals surface area contributed by atoms with Crippen LogP contribution in [0, 0.1) is 5.92 Å². The molecule has 1 aliphatic heterocycles. The largest absolute Gasteiger partial charge is 0.481 e. The van der Waals surface area contributed by atoms with Gasteiger partial charge in [0.2, 0.25) is 5.91 Å². The van der Waals surface area contributed by atoms with Crippen LogP contribution in [0.3, 0.4) is 0 Å². The first-order valence-electron chi connectivity index (χ1n) is 8.24. The van der Waals surface area contributed by atoms with Crippen LogP contribution in [0.4, 0.5) is 0 Å². The summed E-state index contributed by atoms with van der Waals surface area (Å²) in [7, 11) is 0. The average Bonchev–Trinajstić information content (AvgIpc) is 2.58. The molecule has 1 amide bonds. The van der Waals surface area contributed by atoms with Crippen molar-refractivity contribution in [1.82, 2.24) is 4.90 Å². The van der Waals surface area contributed by atoms with Gasteiger partial charge < -0.3 is 10.0 Å². The molecule has 0 bridgehead atoms. The van der Waals surface area contributed by atoms with Crippen LogP contribution in [0.1, 0.15) is 48.9 Å². The minimum absolute atomic E-state index is 0.0302. The second-order valence-corrected chi connectivity index (χ2v) is 6.65. The van der Waals surface area contributed by atoms with Gasteiger partial charge in [-0.15, -0.1) is 0 Å². The predicted molar refractivity (Wildman–Crippen MR) is 91.2 cm³/mol. The van der Waals surface area contributed by atoms with Crippen LogP contribution in [0.25, 0.3) is 0 Å². The lowest BCUT2D eigenvalue weighted by atomic mass is 9.93. The number of aliphatic carboxylic acids is 1. The van der Waals surface area contributed by atoms with Crippen LogP contribution in [0.5, 0.6) is 0 Å². The highest BCUT2D eigenvalue weighted by Gasteiger charge is 2.24. The standard InChI is InChI=1S/C18H22ClNO4/c19-15-6-4-14(5-7-15)16(21)8-9-17(22)20-11-1-2-13(12-20)3-10-18(23)24/h4-7,13H,1-3,8-12H2,(H,23,24). The molecule has 0 radical (unpaired) electrons. The Morgan fingerprint density at radius 3 is 2.50 bits per heavy atom. The second kappa shape index (κ2) is 8.83. The minimum atomic E-state index is -0.799. The van der Waals surface area contributed by atoms with Gasteiger partial charge in [-0.3, -0.25) is 14.4 Å². The maximum Gasteiger partial charge on any atom is 0.303 e. The van der Waals surface area contributed by atoms with Gasteiger partial charge in [0.25, 0.3) is 0 Å². The zero-order chi connectivity index (χ0) is 17.5. The van der Waals surface area contributed by atoms with E-state index < -0.39 is 5.97 Å². The van der Waals surface area contributed by atoms with Crippen molar-refractivity contribution in [2.24, 2.45) is 5.92 Å². The molecular formula is C18H22ClNO4. The van der Waals surface area contributed by atoms with Crippen LogP contribution < -0.4 is 0 Å². The highest BCUT2D eigenvalue weighted by Crippen LogP contribution is 2.22. The molecule has 1 aromatic rings. The third kappa shape index (κ3) is 5.64. The highest BCUT2D eigenvalue weighted by atomic mass is 35.5. The van der Waals surface area contributed by atoms with Crippen molar-refractivity contribution in [1.29, 1.82) is 0 Å². The maximum absolute atomic E-state index is 12.3. The molecule has 1 fully saturated rings. The first kappa shape index (κ1) is 18.5. The van der Waals surface area contributed by atoms with Gasteiger partial charge >= 0.3 is 5.97 Å². The number of carboxylic acids is 1. The summed E-state index contributed by atoms with van der Waals surface area (Å²) in [6.45, 7) is 1.29. The lowest BCUT2D eigenvalue weighted by Gasteiger charge is -2.32. The first-order chi connectivity index (χ1) is 11.5. The van der Waals surface area contributed by atoms with Crippen molar-refractivity contribution in [3.05, 3.63) is 34.9 Å². The maximum atomic E-state index is 12.3. The molecule has 1 unspecified atom stereocenters. The summed E-state index contributed by atoms with van der Waals surface area (Å²) >= 11 is 5.80. The lowest BCUT2D eigenvalue weighted by Crippen LogP contribution is -2.40. The molecule has 6 heteroatoms. The summed E-state index contributed by atoms with van der Waals surface area (Å²) in [5.74, 6) is -0.658. The molecule has 2 rings (SSSR count). The number of carbonyl (C=O) groups excluding carboxylic acids is 2. The first-order valence-corrected chi connectivity index (χ1v) is 8.62. The average molecular weight is 352 g/mol. The van der Waals surface area contributed by atoms with Gasteiger partial charge in [0.05, 0.1) is 0 Å². The van der Waals surface area contributed by atoms with E-state index in [0.29, 0.717) is 30.1 Å². The number of ketones is 1. The number of likely N-dealkylation sites (tertiary alicyclic amines) is 1. The summed E-state index contributed by atoms with van der Waals surface area (Å²) < 4.78 is 0.